The Hall–Kier alpha value is -2.22. The molecule has 2 aromatic rings. The number of sulfonamides is 1. The van der Waals surface area contributed by atoms with Crippen LogP contribution < -0.4 is 0 Å². The summed E-state index contributed by atoms with van der Waals surface area (Å²) in [5.74, 6) is 0.237. The fraction of sp³-hybridized carbons (Fsp3) is 0.435. The number of piperazine rings is 1. The molecule has 2 aliphatic heterocycles. The van der Waals surface area contributed by atoms with Gasteiger partial charge in [-0.2, -0.15) is 4.31 Å². The summed E-state index contributed by atoms with van der Waals surface area (Å²) in [4.78, 5) is 17.6. The third-order valence-corrected chi connectivity index (χ3v) is 8.03. The summed E-state index contributed by atoms with van der Waals surface area (Å²) in [6, 6.07) is 18.9. The average molecular weight is 428 g/mol. The summed E-state index contributed by atoms with van der Waals surface area (Å²) < 4.78 is 27.0. The normalized spacial score (nSPS) is 19.7. The minimum Gasteiger partial charge on any atom is -0.340 e. The van der Waals surface area contributed by atoms with E-state index < -0.39 is 10.0 Å². The second kappa shape index (κ2) is 9.29. The monoisotopic (exact) mass is 427 g/mol. The zero-order valence-corrected chi connectivity index (χ0v) is 18.0. The van der Waals surface area contributed by atoms with Crippen molar-refractivity contribution in [3.63, 3.8) is 0 Å². The number of likely N-dealkylation sites (tertiary alicyclic amines) is 1. The molecular formula is C23H29N3O3S. The first-order valence-electron chi connectivity index (χ1n) is 10.6. The van der Waals surface area contributed by atoms with Crippen LogP contribution in [0.4, 0.5) is 0 Å². The van der Waals surface area contributed by atoms with Gasteiger partial charge in [-0.1, -0.05) is 48.5 Å². The lowest BCUT2D eigenvalue weighted by atomic mass is 9.94. The van der Waals surface area contributed by atoms with Crippen molar-refractivity contribution < 1.29 is 13.2 Å². The Balaban J connectivity index is 1.27. The Kier molecular flexibility index (Phi) is 6.51. The first-order chi connectivity index (χ1) is 14.5. The van der Waals surface area contributed by atoms with Crippen LogP contribution in [0.2, 0.25) is 0 Å². The van der Waals surface area contributed by atoms with Crippen LogP contribution in [0, 0.1) is 5.92 Å². The number of hydrogen-bond donors (Lipinski definition) is 0. The molecule has 4 rings (SSSR count). The Labute approximate surface area is 179 Å². The van der Waals surface area contributed by atoms with Gasteiger partial charge in [-0.25, -0.2) is 8.42 Å². The van der Waals surface area contributed by atoms with E-state index in [0.717, 1.165) is 32.5 Å². The van der Waals surface area contributed by atoms with E-state index in [1.807, 2.05) is 11.0 Å². The number of carbonyl (C=O) groups excluding carboxylic acids is 1. The van der Waals surface area contributed by atoms with Gasteiger partial charge in [0.25, 0.3) is 0 Å². The molecule has 0 aromatic heterocycles. The first-order valence-corrected chi connectivity index (χ1v) is 12.1. The lowest BCUT2D eigenvalue weighted by Crippen LogP contribution is -2.52. The number of benzene rings is 2. The maximum absolute atomic E-state index is 13.0. The van der Waals surface area contributed by atoms with E-state index in [0.29, 0.717) is 31.1 Å². The molecule has 2 aliphatic rings. The number of rotatable bonds is 5. The lowest BCUT2D eigenvalue weighted by Gasteiger charge is -2.38. The summed E-state index contributed by atoms with van der Waals surface area (Å²) in [7, 11) is -3.48. The quantitative estimate of drug-likeness (QED) is 0.735. The highest BCUT2D eigenvalue weighted by Crippen LogP contribution is 2.23. The molecular weight excluding hydrogens is 398 g/mol. The van der Waals surface area contributed by atoms with Gasteiger partial charge in [-0.15, -0.1) is 0 Å². The summed E-state index contributed by atoms with van der Waals surface area (Å²) in [6.45, 7) is 4.43. The van der Waals surface area contributed by atoms with Crippen molar-refractivity contribution in [3.05, 3.63) is 66.2 Å². The fourth-order valence-corrected chi connectivity index (χ4v) is 5.77. The van der Waals surface area contributed by atoms with Crippen LogP contribution in [0.3, 0.4) is 0 Å². The van der Waals surface area contributed by atoms with Gasteiger partial charge in [-0.05, 0) is 43.6 Å². The number of hydrogen-bond acceptors (Lipinski definition) is 4. The molecule has 0 spiro atoms. The molecule has 7 heteroatoms. The summed E-state index contributed by atoms with van der Waals surface area (Å²) >= 11 is 0. The third-order valence-electron chi connectivity index (χ3n) is 6.12. The van der Waals surface area contributed by atoms with Crippen molar-refractivity contribution in [2.75, 3.05) is 39.3 Å². The van der Waals surface area contributed by atoms with Crippen LogP contribution in [-0.2, 0) is 21.4 Å². The van der Waals surface area contributed by atoms with Crippen LogP contribution in [0.15, 0.2) is 65.6 Å². The molecule has 0 atom stereocenters. The van der Waals surface area contributed by atoms with Crippen molar-refractivity contribution >= 4 is 15.9 Å². The topological polar surface area (TPSA) is 60.9 Å². The second-order valence-electron chi connectivity index (χ2n) is 8.08. The van der Waals surface area contributed by atoms with Crippen molar-refractivity contribution in [2.45, 2.75) is 24.3 Å². The van der Waals surface area contributed by atoms with E-state index in [2.05, 4.69) is 29.2 Å². The zero-order valence-electron chi connectivity index (χ0n) is 17.2. The molecule has 30 heavy (non-hydrogen) atoms. The molecule has 2 saturated heterocycles. The van der Waals surface area contributed by atoms with E-state index in [-0.39, 0.29) is 11.8 Å². The Morgan fingerprint density at radius 2 is 1.37 bits per heavy atom. The summed E-state index contributed by atoms with van der Waals surface area (Å²) in [5.41, 5.74) is 1.30. The van der Waals surface area contributed by atoms with Gasteiger partial charge in [0.2, 0.25) is 15.9 Å². The fourth-order valence-electron chi connectivity index (χ4n) is 4.33. The van der Waals surface area contributed by atoms with Gasteiger partial charge >= 0.3 is 0 Å². The highest BCUT2D eigenvalue weighted by Gasteiger charge is 2.33. The Morgan fingerprint density at radius 3 is 1.97 bits per heavy atom. The largest absolute Gasteiger partial charge is 0.340 e. The maximum atomic E-state index is 13.0. The molecule has 0 radical (unpaired) electrons. The smallest absolute Gasteiger partial charge is 0.243 e. The predicted octanol–water partition coefficient (Wildman–Crippen LogP) is 2.43. The van der Waals surface area contributed by atoms with E-state index in [9.17, 15) is 13.2 Å². The molecule has 2 heterocycles. The zero-order chi connectivity index (χ0) is 21.0. The molecule has 160 valence electrons. The highest BCUT2D eigenvalue weighted by atomic mass is 32.2. The van der Waals surface area contributed by atoms with Crippen molar-refractivity contribution in [3.8, 4) is 0 Å². The molecule has 1 amide bonds. The average Bonchev–Trinajstić information content (AvgIpc) is 2.80. The van der Waals surface area contributed by atoms with Crippen LogP contribution in [0.25, 0.3) is 0 Å². The summed E-state index contributed by atoms with van der Waals surface area (Å²) in [6.07, 6.45) is 1.74. The lowest BCUT2D eigenvalue weighted by molar-refractivity contribution is -0.138. The van der Waals surface area contributed by atoms with Crippen molar-refractivity contribution in [2.24, 2.45) is 5.92 Å². The Morgan fingerprint density at radius 1 is 0.800 bits per heavy atom. The van der Waals surface area contributed by atoms with Gasteiger partial charge in [0.15, 0.2) is 0 Å². The van der Waals surface area contributed by atoms with Crippen LogP contribution >= 0.6 is 0 Å². The number of piperidine rings is 1. The van der Waals surface area contributed by atoms with Gasteiger partial charge < -0.3 is 4.90 Å². The van der Waals surface area contributed by atoms with E-state index in [1.54, 1.807) is 30.3 Å². The maximum Gasteiger partial charge on any atom is 0.243 e. The van der Waals surface area contributed by atoms with Crippen LogP contribution in [0.1, 0.15) is 18.4 Å². The number of nitrogens with zero attached hydrogens (tertiary/aromatic N) is 3. The van der Waals surface area contributed by atoms with E-state index in [1.165, 1.54) is 9.87 Å². The van der Waals surface area contributed by atoms with Crippen molar-refractivity contribution in [1.29, 1.82) is 0 Å². The summed E-state index contributed by atoms with van der Waals surface area (Å²) in [5, 5.41) is 0. The van der Waals surface area contributed by atoms with Crippen LogP contribution in [-0.4, -0.2) is 67.7 Å². The molecule has 0 bridgehead atoms. The van der Waals surface area contributed by atoms with Gasteiger partial charge in [0, 0.05) is 38.6 Å². The minimum absolute atomic E-state index is 0.0503. The molecule has 0 unspecified atom stereocenters. The SMILES string of the molecule is O=C(C1CCN(Cc2ccccc2)CC1)N1CCN(S(=O)(=O)c2ccccc2)CC1. The molecule has 0 saturated carbocycles. The van der Waals surface area contributed by atoms with Gasteiger partial charge in [0.1, 0.15) is 0 Å². The number of amides is 1. The Bertz CT molecular complexity index is 934. The molecule has 0 aliphatic carbocycles. The number of carbonyl (C=O) groups is 1. The van der Waals surface area contributed by atoms with Crippen molar-refractivity contribution in [1.82, 2.24) is 14.1 Å². The van der Waals surface area contributed by atoms with E-state index >= 15 is 0 Å². The molecule has 6 nitrogen and oxygen atoms in total. The minimum atomic E-state index is -3.48. The van der Waals surface area contributed by atoms with E-state index in [4.69, 9.17) is 0 Å². The first kappa shape index (κ1) is 21.0. The molecule has 2 fully saturated rings. The van der Waals surface area contributed by atoms with Crippen LogP contribution in [0.5, 0.6) is 0 Å². The van der Waals surface area contributed by atoms with Gasteiger partial charge in [-0.3, -0.25) is 9.69 Å². The molecule has 0 N–H and O–H groups in total. The molecule has 2 aromatic carbocycles. The predicted molar refractivity (Wildman–Crippen MR) is 116 cm³/mol. The standard InChI is InChI=1S/C23H29N3O3S/c27-23(21-11-13-24(14-12-21)19-20-7-3-1-4-8-20)25-15-17-26(18-16-25)30(28,29)22-9-5-2-6-10-22/h1-10,21H,11-19H2. The highest BCUT2D eigenvalue weighted by molar-refractivity contribution is 7.89. The second-order valence-corrected chi connectivity index (χ2v) is 10.0. The third kappa shape index (κ3) is 4.74. The van der Waals surface area contributed by atoms with Gasteiger partial charge in [0.05, 0.1) is 4.90 Å².